The SMILES string of the molecule is C=C(O/C=C(\C)C(C)(C)O)S(=N)(=O)NC(=O)Nc1c([C@H](C)C2CC2)ccc2c1CC2. The molecular weight excluding hydrogens is 402 g/mol. The Morgan fingerprint density at radius 1 is 1.40 bits per heavy atom. The second-order valence-electron chi connectivity index (χ2n) is 8.76. The first kappa shape index (κ1) is 22.4. The number of rotatable bonds is 8. The summed E-state index contributed by atoms with van der Waals surface area (Å²) in [5.41, 5.74) is 3.52. The predicted molar refractivity (Wildman–Crippen MR) is 118 cm³/mol. The van der Waals surface area contributed by atoms with Crippen molar-refractivity contribution < 1.29 is 18.8 Å². The first-order valence-corrected chi connectivity index (χ1v) is 11.7. The van der Waals surface area contributed by atoms with Gasteiger partial charge in [0.15, 0.2) is 9.92 Å². The highest BCUT2D eigenvalue weighted by Crippen LogP contribution is 2.46. The smallest absolute Gasteiger partial charge is 0.332 e. The molecule has 0 heterocycles. The average Bonchev–Trinajstić information content (AvgIpc) is 3.43. The molecule has 0 bridgehead atoms. The third kappa shape index (κ3) is 4.87. The Hall–Kier alpha value is -2.32. The minimum atomic E-state index is -3.77. The molecule has 1 aromatic rings. The van der Waals surface area contributed by atoms with Crippen molar-refractivity contribution in [2.24, 2.45) is 5.92 Å². The molecule has 2 aliphatic carbocycles. The maximum atomic E-state index is 12.6. The van der Waals surface area contributed by atoms with Gasteiger partial charge < -0.3 is 15.2 Å². The van der Waals surface area contributed by atoms with Crippen LogP contribution >= 0.6 is 0 Å². The van der Waals surface area contributed by atoms with Gasteiger partial charge in [0.05, 0.1) is 11.9 Å². The summed E-state index contributed by atoms with van der Waals surface area (Å²) in [6.45, 7) is 10.5. The Kier molecular flexibility index (Phi) is 6.02. The number of anilines is 1. The molecule has 1 aromatic carbocycles. The number of aryl methyl sites for hydroxylation is 1. The van der Waals surface area contributed by atoms with E-state index in [-0.39, 0.29) is 0 Å². The fourth-order valence-corrected chi connectivity index (χ4v) is 3.99. The summed E-state index contributed by atoms with van der Waals surface area (Å²) in [5, 5.41) is 12.3. The number of aliphatic hydroxyl groups is 1. The number of amides is 2. The highest BCUT2D eigenvalue weighted by Gasteiger charge is 2.33. The Morgan fingerprint density at radius 3 is 2.60 bits per heavy atom. The zero-order valence-electron chi connectivity index (χ0n) is 18.0. The van der Waals surface area contributed by atoms with E-state index in [1.807, 2.05) is 0 Å². The van der Waals surface area contributed by atoms with Gasteiger partial charge in [0.2, 0.25) is 5.09 Å². The Labute approximate surface area is 178 Å². The van der Waals surface area contributed by atoms with E-state index in [1.54, 1.807) is 20.8 Å². The zero-order valence-corrected chi connectivity index (χ0v) is 18.8. The van der Waals surface area contributed by atoms with E-state index < -0.39 is 26.6 Å². The van der Waals surface area contributed by atoms with Crippen LogP contribution in [0, 0.1) is 10.7 Å². The van der Waals surface area contributed by atoms with E-state index in [2.05, 4.69) is 35.7 Å². The number of carbonyl (C=O) groups is 1. The van der Waals surface area contributed by atoms with E-state index in [4.69, 9.17) is 9.52 Å². The number of nitrogens with one attached hydrogen (secondary N) is 3. The van der Waals surface area contributed by atoms with Gasteiger partial charge in [-0.3, -0.25) is 0 Å². The van der Waals surface area contributed by atoms with Crippen molar-refractivity contribution in [1.82, 2.24) is 4.72 Å². The highest BCUT2D eigenvalue weighted by atomic mass is 32.2. The van der Waals surface area contributed by atoms with Crippen LogP contribution in [-0.2, 0) is 27.5 Å². The third-order valence-corrected chi connectivity index (χ3v) is 7.24. The van der Waals surface area contributed by atoms with Gasteiger partial charge >= 0.3 is 6.03 Å². The van der Waals surface area contributed by atoms with E-state index in [0.29, 0.717) is 17.4 Å². The summed E-state index contributed by atoms with van der Waals surface area (Å²) in [6, 6.07) is 3.46. The van der Waals surface area contributed by atoms with E-state index in [0.717, 1.165) is 29.7 Å². The monoisotopic (exact) mass is 433 g/mol. The Bertz CT molecular complexity index is 1000. The van der Waals surface area contributed by atoms with Crippen LogP contribution in [0.25, 0.3) is 0 Å². The van der Waals surface area contributed by atoms with Gasteiger partial charge in [-0.25, -0.2) is 18.5 Å². The summed E-state index contributed by atoms with van der Waals surface area (Å²) in [7, 11) is -3.77. The molecule has 164 valence electrons. The van der Waals surface area contributed by atoms with Crippen molar-refractivity contribution in [2.45, 2.75) is 64.9 Å². The van der Waals surface area contributed by atoms with Crippen LogP contribution in [-0.4, -0.2) is 20.9 Å². The van der Waals surface area contributed by atoms with Crippen molar-refractivity contribution in [3.63, 3.8) is 0 Å². The maximum absolute atomic E-state index is 12.6. The van der Waals surface area contributed by atoms with Crippen LogP contribution in [0.1, 0.15) is 63.1 Å². The third-order valence-electron chi connectivity index (χ3n) is 6.03. The van der Waals surface area contributed by atoms with Gasteiger partial charge in [0.25, 0.3) is 0 Å². The molecule has 0 spiro atoms. The summed E-state index contributed by atoms with van der Waals surface area (Å²) in [6.07, 6.45) is 5.45. The molecular formula is C22H31N3O4S. The lowest BCUT2D eigenvalue weighted by atomic mass is 9.82. The molecule has 7 nitrogen and oxygen atoms in total. The molecule has 2 amide bonds. The van der Waals surface area contributed by atoms with Gasteiger partial charge in [0, 0.05) is 5.69 Å². The van der Waals surface area contributed by atoms with Crippen molar-refractivity contribution in [2.75, 3.05) is 5.32 Å². The summed E-state index contributed by atoms with van der Waals surface area (Å²) in [5.74, 6) is 0.964. The van der Waals surface area contributed by atoms with E-state index in [9.17, 15) is 14.1 Å². The molecule has 0 radical (unpaired) electrons. The fourth-order valence-electron chi connectivity index (χ4n) is 3.38. The topological polar surface area (TPSA) is 112 Å². The number of benzene rings is 1. The molecule has 30 heavy (non-hydrogen) atoms. The molecule has 2 aliphatic rings. The lowest BCUT2D eigenvalue weighted by Gasteiger charge is -2.27. The molecule has 8 heteroatoms. The Morgan fingerprint density at radius 2 is 2.07 bits per heavy atom. The normalized spacial score (nSPS) is 19.0. The van der Waals surface area contributed by atoms with Gasteiger partial charge in [-0.1, -0.05) is 19.1 Å². The lowest BCUT2D eigenvalue weighted by molar-refractivity contribution is 0.116. The van der Waals surface area contributed by atoms with Crippen molar-refractivity contribution in [3.05, 3.63) is 52.3 Å². The maximum Gasteiger partial charge on any atom is 0.332 e. The number of carbonyl (C=O) groups excluding carboxylic acids is 1. The lowest BCUT2D eigenvalue weighted by Crippen LogP contribution is -2.35. The minimum absolute atomic E-state index is 0.333. The fraction of sp³-hybridized carbons (Fsp3) is 0.500. The number of hydrogen-bond donors (Lipinski definition) is 4. The number of fused-ring (bicyclic) bond motifs is 1. The van der Waals surface area contributed by atoms with Crippen LogP contribution in [0.3, 0.4) is 0 Å². The summed E-state index contributed by atoms with van der Waals surface area (Å²) < 4.78 is 28.0. The number of urea groups is 1. The van der Waals surface area contributed by atoms with Crippen LogP contribution in [0.15, 0.2) is 35.6 Å². The highest BCUT2D eigenvalue weighted by molar-refractivity contribution is 7.94. The van der Waals surface area contributed by atoms with Crippen LogP contribution in [0.4, 0.5) is 10.5 Å². The molecule has 1 saturated carbocycles. The molecule has 1 fully saturated rings. The second kappa shape index (κ2) is 8.07. The molecule has 2 atom stereocenters. The minimum Gasteiger partial charge on any atom is -0.453 e. The van der Waals surface area contributed by atoms with Crippen molar-refractivity contribution in [1.29, 1.82) is 4.78 Å². The quantitative estimate of drug-likeness (QED) is 0.451. The van der Waals surface area contributed by atoms with Crippen LogP contribution in [0.2, 0.25) is 0 Å². The second-order valence-corrected chi connectivity index (χ2v) is 10.5. The molecule has 4 N–H and O–H groups in total. The number of hydrogen-bond acceptors (Lipinski definition) is 5. The summed E-state index contributed by atoms with van der Waals surface area (Å²) >= 11 is 0. The predicted octanol–water partition coefficient (Wildman–Crippen LogP) is 4.54. The van der Waals surface area contributed by atoms with Crippen molar-refractivity contribution in [3.8, 4) is 0 Å². The van der Waals surface area contributed by atoms with E-state index in [1.165, 1.54) is 24.7 Å². The molecule has 0 aromatic heterocycles. The summed E-state index contributed by atoms with van der Waals surface area (Å²) in [4.78, 5) is 12.6. The van der Waals surface area contributed by atoms with Gasteiger partial charge in [-0.05, 0) is 87.1 Å². The molecule has 0 saturated heterocycles. The zero-order chi connectivity index (χ0) is 22.3. The van der Waals surface area contributed by atoms with E-state index >= 15 is 0 Å². The molecule has 1 unspecified atom stereocenters. The van der Waals surface area contributed by atoms with Crippen molar-refractivity contribution >= 4 is 21.6 Å². The molecule has 0 aliphatic heterocycles. The number of ether oxygens (including phenoxy) is 1. The largest absolute Gasteiger partial charge is 0.453 e. The first-order chi connectivity index (χ1) is 13.9. The van der Waals surface area contributed by atoms with Gasteiger partial charge in [-0.15, -0.1) is 0 Å². The average molecular weight is 434 g/mol. The van der Waals surface area contributed by atoms with Crippen LogP contribution < -0.4 is 10.0 Å². The Balaban J connectivity index is 1.71. The standard InChI is InChI=1S/C22H31N3O4S/c1-13(22(4,5)27)12-29-15(3)30(23,28)25-21(26)24-20-18(14(2)16-6-7-16)10-8-17-9-11-19(17)20/h8,10,12,14,16,27H,3,6-7,9,11H2,1-2,4-5H3,(H3,23,24,25,26,28)/b13-12+/t14-,30?/m1/s1. The van der Waals surface area contributed by atoms with Crippen LogP contribution in [0.5, 0.6) is 0 Å². The molecule has 3 rings (SSSR count). The first-order valence-electron chi connectivity index (χ1n) is 10.2. The van der Waals surface area contributed by atoms with Gasteiger partial charge in [0.1, 0.15) is 0 Å². The van der Waals surface area contributed by atoms with Gasteiger partial charge in [-0.2, -0.15) is 0 Å².